The molecule has 5 rings (SSSR count). The lowest BCUT2D eigenvalue weighted by Crippen LogP contribution is -2.40. The van der Waals surface area contributed by atoms with Crippen LogP contribution >= 0.6 is 11.3 Å². The molecule has 0 aliphatic carbocycles. The van der Waals surface area contributed by atoms with Gasteiger partial charge < -0.3 is 14.5 Å². The quantitative estimate of drug-likeness (QED) is 0.269. The van der Waals surface area contributed by atoms with Gasteiger partial charge in [0.2, 0.25) is 0 Å². The molecule has 0 aliphatic heterocycles. The average molecular weight is 532 g/mol. The normalized spacial score (nSPS) is 11.2. The SMILES string of the molecule is CCCn1c(=O)c2[nH]c(-c3ccc(OCc4ncc(-c5ccc(OC)cc5)s4)cc3)nc2n(CCC)c1=O. The van der Waals surface area contributed by atoms with Gasteiger partial charge in [0.05, 0.1) is 12.0 Å². The van der Waals surface area contributed by atoms with E-state index in [0.717, 1.165) is 33.2 Å². The summed E-state index contributed by atoms with van der Waals surface area (Å²) < 4.78 is 14.0. The standard InChI is InChI=1S/C28H29N5O4S/c1-4-14-32-26-24(27(34)33(15-5-2)28(32)35)30-25(31-26)19-8-12-21(13-9-19)37-17-23-29-16-22(38-23)18-6-10-20(36-3)11-7-18/h6-13,16H,4-5,14-15,17H2,1-3H3,(H,30,31). The van der Waals surface area contributed by atoms with Gasteiger partial charge in [0, 0.05) is 24.8 Å². The van der Waals surface area contributed by atoms with E-state index in [1.807, 2.05) is 68.6 Å². The summed E-state index contributed by atoms with van der Waals surface area (Å²) in [7, 11) is 1.65. The van der Waals surface area contributed by atoms with Gasteiger partial charge in [-0.15, -0.1) is 11.3 Å². The summed E-state index contributed by atoms with van der Waals surface area (Å²) in [5, 5.41) is 0.870. The second-order valence-electron chi connectivity index (χ2n) is 8.83. The van der Waals surface area contributed by atoms with Crippen LogP contribution in [0.25, 0.3) is 33.0 Å². The number of hydrogen-bond acceptors (Lipinski definition) is 7. The zero-order valence-corrected chi connectivity index (χ0v) is 22.4. The number of imidazole rings is 1. The number of fused-ring (bicyclic) bond motifs is 1. The molecule has 0 bridgehead atoms. The minimum Gasteiger partial charge on any atom is -0.497 e. The molecular weight excluding hydrogens is 502 g/mol. The minimum absolute atomic E-state index is 0.315. The van der Waals surface area contributed by atoms with Gasteiger partial charge in [-0.05, 0) is 66.9 Å². The fourth-order valence-corrected chi connectivity index (χ4v) is 5.11. The molecule has 9 nitrogen and oxygen atoms in total. The second kappa shape index (κ2) is 11.1. The molecule has 0 saturated carbocycles. The van der Waals surface area contributed by atoms with Crippen molar-refractivity contribution in [3.05, 3.63) is 80.6 Å². The molecular formula is C28H29N5O4S. The molecule has 0 radical (unpaired) electrons. The van der Waals surface area contributed by atoms with Crippen LogP contribution in [0.2, 0.25) is 0 Å². The number of nitrogens with zero attached hydrogens (tertiary/aromatic N) is 4. The summed E-state index contributed by atoms with van der Waals surface area (Å²) in [6, 6.07) is 15.3. The fourth-order valence-electron chi connectivity index (χ4n) is 4.27. The third-order valence-electron chi connectivity index (χ3n) is 6.17. The summed E-state index contributed by atoms with van der Waals surface area (Å²) in [6.07, 6.45) is 3.30. The highest BCUT2D eigenvalue weighted by molar-refractivity contribution is 7.15. The largest absolute Gasteiger partial charge is 0.497 e. The Kier molecular flexibility index (Phi) is 7.41. The molecule has 38 heavy (non-hydrogen) atoms. The highest BCUT2D eigenvalue weighted by Crippen LogP contribution is 2.29. The Morgan fingerprint density at radius 1 is 0.895 bits per heavy atom. The molecule has 0 saturated heterocycles. The number of benzene rings is 2. The molecule has 10 heteroatoms. The van der Waals surface area contributed by atoms with Crippen molar-refractivity contribution >= 4 is 22.5 Å². The van der Waals surface area contributed by atoms with E-state index in [2.05, 4.69) is 15.0 Å². The lowest BCUT2D eigenvalue weighted by atomic mass is 10.2. The van der Waals surface area contributed by atoms with E-state index in [1.165, 1.54) is 4.57 Å². The van der Waals surface area contributed by atoms with Crippen LogP contribution in [0, 0.1) is 0 Å². The minimum atomic E-state index is -0.338. The van der Waals surface area contributed by atoms with E-state index in [0.29, 0.717) is 48.9 Å². The molecule has 0 aliphatic rings. The second-order valence-corrected chi connectivity index (χ2v) is 9.95. The summed E-state index contributed by atoms with van der Waals surface area (Å²) in [5.74, 6) is 2.04. The van der Waals surface area contributed by atoms with Crippen LogP contribution in [0.4, 0.5) is 0 Å². The number of aryl methyl sites for hydroxylation is 1. The number of ether oxygens (including phenoxy) is 2. The Balaban J connectivity index is 1.33. The maximum Gasteiger partial charge on any atom is 0.332 e. The van der Waals surface area contributed by atoms with Gasteiger partial charge >= 0.3 is 5.69 Å². The molecule has 0 unspecified atom stereocenters. The Hall–Kier alpha value is -4.18. The van der Waals surface area contributed by atoms with Crippen LogP contribution < -0.4 is 20.7 Å². The molecule has 196 valence electrons. The molecule has 5 aromatic rings. The number of thiazole rings is 1. The van der Waals surface area contributed by atoms with Gasteiger partial charge in [-0.25, -0.2) is 14.8 Å². The van der Waals surface area contributed by atoms with Crippen molar-refractivity contribution in [3.8, 4) is 33.3 Å². The Bertz CT molecular complexity index is 1660. The maximum absolute atomic E-state index is 13.0. The van der Waals surface area contributed by atoms with Crippen LogP contribution in [0.15, 0.2) is 64.3 Å². The zero-order valence-electron chi connectivity index (χ0n) is 21.6. The van der Waals surface area contributed by atoms with E-state index in [1.54, 1.807) is 23.0 Å². The molecule has 3 heterocycles. The number of rotatable bonds is 10. The summed E-state index contributed by atoms with van der Waals surface area (Å²) in [6.45, 7) is 5.15. The average Bonchev–Trinajstić information content (AvgIpc) is 3.61. The van der Waals surface area contributed by atoms with Crippen molar-refractivity contribution in [2.24, 2.45) is 0 Å². The number of aromatic nitrogens is 5. The van der Waals surface area contributed by atoms with E-state index in [4.69, 9.17) is 9.47 Å². The molecule has 0 amide bonds. The Morgan fingerprint density at radius 3 is 2.24 bits per heavy atom. The maximum atomic E-state index is 13.0. The van der Waals surface area contributed by atoms with E-state index in [9.17, 15) is 9.59 Å². The highest BCUT2D eigenvalue weighted by atomic mass is 32.1. The molecule has 0 atom stereocenters. The van der Waals surface area contributed by atoms with Crippen molar-refractivity contribution in [3.63, 3.8) is 0 Å². The van der Waals surface area contributed by atoms with Crippen LogP contribution in [-0.2, 0) is 19.7 Å². The number of aromatic amines is 1. The van der Waals surface area contributed by atoms with Crippen molar-refractivity contribution in [2.45, 2.75) is 46.4 Å². The zero-order chi connectivity index (χ0) is 26.6. The first-order chi connectivity index (χ1) is 18.5. The fraction of sp³-hybridized carbons (Fsp3) is 0.286. The highest BCUT2D eigenvalue weighted by Gasteiger charge is 2.17. The van der Waals surface area contributed by atoms with Gasteiger partial charge in [0.1, 0.15) is 34.5 Å². The number of hydrogen-bond donors (Lipinski definition) is 1. The van der Waals surface area contributed by atoms with Gasteiger partial charge in [-0.2, -0.15) is 0 Å². The molecule has 0 spiro atoms. The first kappa shape index (κ1) is 25.5. The third-order valence-corrected chi connectivity index (χ3v) is 7.19. The van der Waals surface area contributed by atoms with Crippen molar-refractivity contribution in [1.82, 2.24) is 24.1 Å². The summed E-state index contributed by atoms with van der Waals surface area (Å²) >= 11 is 1.58. The number of methoxy groups -OCH3 is 1. The van der Waals surface area contributed by atoms with Crippen LogP contribution in [-0.4, -0.2) is 31.2 Å². The predicted molar refractivity (Wildman–Crippen MR) is 149 cm³/mol. The van der Waals surface area contributed by atoms with Crippen molar-refractivity contribution in [1.29, 1.82) is 0 Å². The van der Waals surface area contributed by atoms with E-state index in [-0.39, 0.29) is 11.2 Å². The summed E-state index contributed by atoms with van der Waals surface area (Å²) in [4.78, 5) is 39.2. The van der Waals surface area contributed by atoms with E-state index >= 15 is 0 Å². The molecule has 0 fully saturated rings. The van der Waals surface area contributed by atoms with Crippen molar-refractivity contribution < 1.29 is 9.47 Å². The number of H-pyrrole nitrogens is 1. The van der Waals surface area contributed by atoms with E-state index < -0.39 is 0 Å². The lowest BCUT2D eigenvalue weighted by Gasteiger charge is -2.09. The van der Waals surface area contributed by atoms with Gasteiger partial charge in [-0.3, -0.25) is 13.9 Å². The molecule has 3 aromatic heterocycles. The van der Waals surface area contributed by atoms with Crippen molar-refractivity contribution in [2.75, 3.05) is 7.11 Å². The van der Waals surface area contributed by atoms with Crippen LogP contribution in [0.5, 0.6) is 11.5 Å². The van der Waals surface area contributed by atoms with Crippen LogP contribution in [0.3, 0.4) is 0 Å². The third kappa shape index (κ3) is 4.99. The number of nitrogens with one attached hydrogen (secondary N) is 1. The van der Waals surface area contributed by atoms with Gasteiger partial charge in [-0.1, -0.05) is 13.8 Å². The predicted octanol–water partition coefficient (Wildman–Crippen LogP) is 5.08. The topological polar surface area (TPSA) is 104 Å². The molecule has 2 aromatic carbocycles. The first-order valence-corrected chi connectivity index (χ1v) is 13.4. The molecule has 1 N–H and O–H groups in total. The smallest absolute Gasteiger partial charge is 0.332 e. The monoisotopic (exact) mass is 531 g/mol. The van der Waals surface area contributed by atoms with Gasteiger partial charge in [0.15, 0.2) is 5.65 Å². The van der Waals surface area contributed by atoms with Gasteiger partial charge in [0.25, 0.3) is 5.56 Å². The lowest BCUT2D eigenvalue weighted by molar-refractivity contribution is 0.305. The van der Waals surface area contributed by atoms with Crippen LogP contribution in [0.1, 0.15) is 31.7 Å². The summed E-state index contributed by atoms with van der Waals surface area (Å²) in [5.41, 5.74) is 1.96. The Labute approximate surface area is 223 Å². The Morgan fingerprint density at radius 2 is 1.55 bits per heavy atom. The first-order valence-electron chi connectivity index (χ1n) is 12.6.